The first kappa shape index (κ1) is 17.4. The third-order valence-electron chi connectivity index (χ3n) is 4.26. The molecule has 1 aromatic heterocycles. The summed E-state index contributed by atoms with van der Waals surface area (Å²) in [5, 5.41) is 3.60. The van der Waals surface area contributed by atoms with Gasteiger partial charge in [-0.15, -0.1) is 0 Å². The summed E-state index contributed by atoms with van der Waals surface area (Å²) in [6, 6.07) is 9.63. The second-order valence-corrected chi connectivity index (χ2v) is 6.92. The number of halogens is 1. The van der Waals surface area contributed by atoms with Crippen molar-refractivity contribution in [2.24, 2.45) is 5.92 Å². The lowest BCUT2D eigenvalue weighted by Gasteiger charge is -2.11. The minimum Gasteiger partial charge on any atom is -0.310 e. The predicted octanol–water partition coefficient (Wildman–Crippen LogP) is 5.68. The number of nitrogens with zero attached hydrogens (tertiary/aromatic N) is 1. The molecule has 0 bridgehead atoms. The second-order valence-electron chi connectivity index (χ2n) is 6.51. The van der Waals surface area contributed by atoms with E-state index in [0.717, 1.165) is 45.7 Å². The Balaban J connectivity index is 1.92. The number of carbonyl (C=O) groups excluding carboxylic acids is 1. The van der Waals surface area contributed by atoms with Crippen LogP contribution in [0, 0.1) is 5.92 Å². The highest BCUT2D eigenvalue weighted by Gasteiger charge is 2.29. The lowest BCUT2D eigenvalue weighted by Crippen LogP contribution is -2.14. The zero-order valence-electron chi connectivity index (χ0n) is 14.5. The molecule has 0 radical (unpaired) electrons. The summed E-state index contributed by atoms with van der Waals surface area (Å²) < 4.78 is 0. The van der Waals surface area contributed by atoms with Gasteiger partial charge in [0.2, 0.25) is 5.91 Å². The Hall–Kier alpha value is -2.39. The predicted molar refractivity (Wildman–Crippen MR) is 105 cm³/mol. The highest BCUT2D eigenvalue weighted by molar-refractivity contribution is 6.32. The molecule has 3 rings (SSSR count). The number of anilines is 1. The van der Waals surface area contributed by atoms with Crippen LogP contribution in [0.5, 0.6) is 0 Å². The van der Waals surface area contributed by atoms with Crippen LogP contribution in [0.15, 0.2) is 43.1 Å². The van der Waals surface area contributed by atoms with Gasteiger partial charge in [0.15, 0.2) is 0 Å². The van der Waals surface area contributed by atoms with Crippen molar-refractivity contribution in [2.75, 3.05) is 5.32 Å². The van der Waals surface area contributed by atoms with Crippen molar-refractivity contribution in [1.29, 1.82) is 0 Å². The fraction of sp³-hybridized carbons (Fsp3) is 0.238. The van der Waals surface area contributed by atoms with Crippen molar-refractivity contribution < 1.29 is 4.79 Å². The molecule has 4 heteroatoms. The first-order valence-corrected chi connectivity index (χ1v) is 8.73. The third kappa shape index (κ3) is 4.18. The molecule has 3 nitrogen and oxygen atoms in total. The monoisotopic (exact) mass is 352 g/mol. The summed E-state index contributed by atoms with van der Waals surface area (Å²) >= 11 is 6.28. The number of hydrogen-bond acceptors (Lipinski definition) is 2. The molecule has 2 aromatic rings. The van der Waals surface area contributed by atoms with Crippen molar-refractivity contribution in [3.05, 3.63) is 64.8 Å². The second kappa shape index (κ2) is 7.24. The largest absolute Gasteiger partial charge is 0.310 e. The van der Waals surface area contributed by atoms with E-state index in [2.05, 4.69) is 16.9 Å². The average Bonchev–Trinajstić information content (AvgIpc) is 3.41. The number of amides is 1. The maximum atomic E-state index is 11.9. The Morgan fingerprint density at radius 1 is 1.28 bits per heavy atom. The van der Waals surface area contributed by atoms with Crippen LogP contribution in [0.25, 0.3) is 17.2 Å². The maximum absolute atomic E-state index is 11.9. The molecule has 0 aliphatic heterocycles. The van der Waals surface area contributed by atoms with E-state index in [1.807, 2.05) is 50.3 Å². The van der Waals surface area contributed by atoms with Crippen molar-refractivity contribution in [2.45, 2.75) is 26.7 Å². The fourth-order valence-corrected chi connectivity index (χ4v) is 2.97. The summed E-state index contributed by atoms with van der Waals surface area (Å²) in [4.78, 5) is 16.3. The summed E-state index contributed by atoms with van der Waals surface area (Å²) in [7, 11) is 0. The molecule has 1 aromatic carbocycles. The van der Waals surface area contributed by atoms with Gasteiger partial charge in [0.1, 0.15) is 5.82 Å². The van der Waals surface area contributed by atoms with Crippen molar-refractivity contribution in [1.82, 2.24) is 4.98 Å². The van der Waals surface area contributed by atoms with Gasteiger partial charge in [-0.2, -0.15) is 0 Å². The lowest BCUT2D eigenvalue weighted by atomic mass is 9.99. The van der Waals surface area contributed by atoms with Crippen molar-refractivity contribution >= 4 is 40.5 Å². The van der Waals surface area contributed by atoms with Crippen LogP contribution in [-0.2, 0) is 4.79 Å². The molecule has 1 fully saturated rings. The normalized spacial score (nSPS) is 14.3. The molecular weight excluding hydrogens is 332 g/mol. The van der Waals surface area contributed by atoms with Crippen LogP contribution in [0.4, 0.5) is 5.82 Å². The van der Waals surface area contributed by atoms with Gasteiger partial charge in [0.25, 0.3) is 0 Å². The van der Waals surface area contributed by atoms with E-state index in [-0.39, 0.29) is 11.8 Å². The van der Waals surface area contributed by atoms with E-state index in [4.69, 9.17) is 11.6 Å². The highest BCUT2D eigenvalue weighted by Crippen LogP contribution is 2.31. The first-order chi connectivity index (χ1) is 12.0. The quantitative estimate of drug-likeness (QED) is 0.752. The van der Waals surface area contributed by atoms with Gasteiger partial charge in [-0.3, -0.25) is 4.79 Å². The topological polar surface area (TPSA) is 42.0 Å². The molecule has 0 unspecified atom stereocenters. The Morgan fingerprint density at radius 2 is 2.00 bits per heavy atom. The number of pyridine rings is 1. The van der Waals surface area contributed by atoms with E-state index in [0.29, 0.717) is 5.82 Å². The van der Waals surface area contributed by atoms with E-state index in [1.165, 1.54) is 0 Å². The average molecular weight is 353 g/mol. The standard InChI is InChI=1S/C21H21ClN2O/c1-13(2)18-11-20(24-21(25)15-8-9-15)23-12-16(18)10-14(3)17-6-4-5-7-19(17)22/h4-7,10-12,15H,1,8-9H2,2-3H3,(H,23,24,25)/b14-10+. The molecule has 0 atom stereocenters. The number of hydrogen-bond donors (Lipinski definition) is 1. The molecule has 128 valence electrons. The Kier molecular flexibility index (Phi) is 5.05. The molecule has 0 saturated heterocycles. The van der Waals surface area contributed by atoms with Crippen LogP contribution in [0.2, 0.25) is 5.02 Å². The van der Waals surface area contributed by atoms with Crippen LogP contribution < -0.4 is 5.32 Å². The maximum Gasteiger partial charge on any atom is 0.228 e. The van der Waals surface area contributed by atoms with E-state index < -0.39 is 0 Å². The zero-order chi connectivity index (χ0) is 18.0. The lowest BCUT2D eigenvalue weighted by molar-refractivity contribution is -0.117. The highest BCUT2D eigenvalue weighted by atomic mass is 35.5. The summed E-state index contributed by atoms with van der Waals surface area (Å²) in [6.07, 6.45) is 5.76. The summed E-state index contributed by atoms with van der Waals surface area (Å²) in [6.45, 7) is 8.02. The van der Waals surface area contributed by atoms with Crippen molar-refractivity contribution in [3.8, 4) is 0 Å². The van der Waals surface area contributed by atoms with Crippen LogP contribution >= 0.6 is 11.6 Å². The molecule has 1 aliphatic carbocycles. The molecule has 25 heavy (non-hydrogen) atoms. The molecular formula is C21H21ClN2O. The Bertz CT molecular complexity index is 866. The smallest absolute Gasteiger partial charge is 0.228 e. The van der Waals surface area contributed by atoms with Gasteiger partial charge in [0.05, 0.1) is 0 Å². The molecule has 1 heterocycles. The number of rotatable bonds is 5. The van der Waals surface area contributed by atoms with Gasteiger partial charge in [0, 0.05) is 22.7 Å². The molecule has 1 aliphatic rings. The number of aromatic nitrogens is 1. The Labute approximate surface area is 153 Å². The number of benzene rings is 1. The van der Waals surface area contributed by atoms with Crippen LogP contribution in [0.3, 0.4) is 0 Å². The zero-order valence-corrected chi connectivity index (χ0v) is 15.2. The van der Waals surface area contributed by atoms with E-state index >= 15 is 0 Å². The number of allylic oxidation sites excluding steroid dienone is 2. The molecule has 1 saturated carbocycles. The molecule has 1 amide bonds. The van der Waals surface area contributed by atoms with Crippen molar-refractivity contribution in [3.63, 3.8) is 0 Å². The fourth-order valence-electron chi connectivity index (χ4n) is 2.68. The van der Waals surface area contributed by atoms with Gasteiger partial charge in [-0.25, -0.2) is 4.98 Å². The Morgan fingerprint density at radius 3 is 2.64 bits per heavy atom. The number of carbonyl (C=O) groups is 1. The molecule has 0 spiro atoms. The van der Waals surface area contributed by atoms with Crippen LogP contribution in [-0.4, -0.2) is 10.9 Å². The van der Waals surface area contributed by atoms with E-state index in [9.17, 15) is 4.79 Å². The van der Waals surface area contributed by atoms with E-state index in [1.54, 1.807) is 6.20 Å². The third-order valence-corrected chi connectivity index (χ3v) is 4.59. The first-order valence-electron chi connectivity index (χ1n) is 8.35. The molecule has 1 N–H and O–H groups in total. The van der Waals surface area contributed by atoms with Gasteiger partial charge >= 0.3 is 0 Å². The SMILES string of the molecule is C=C(C)c1cc(NC(=O)C2CC2)ncc1/C=C(\C)c1ccccc1Cl. The minimum atomic E-state index is 0.0516. The van der Waals surface area contributed by atoms with Crippen LogP contribution in [0.1, 0.15) is 43.4 Å². The van der Waals surface area contributed by atoms with Gasteiger partial charge < -0.3 is 5.32 Å². The van der Waals surface area contributed by atoms with Gasteiger partial charge in [-0.1, -0.05) is 42.0 Å². The van der Waals surface area contributed by atoms with Gasteiger partial charge in [-0.05, 0) is 61.6 Å². The summed E-state index contributed by atoms with van der Waals surface area (Å²) in [5.41, 5.74) is 4.87. The minimum absolute atomic E-state index is 0.0516. The summed E-state index contributed by atoms with van der Waals surface area (Å²) in [5.74, 6) is 0.773. The number of nitrogens with one attached hydrogen (secondary N) is 1.